The smallest absolute Gasteiger partial charge is 0.221 e. The third kappa shape index (κ3) is 6.90. The number of benzene rings is 4. The van der Waals surface area contributed by atoms with Gasteiger partial charge in [0.2, 0.25) is 11.8 Å². The van der Waals surface area contributed by atoms with E-state index in [4.69, 9.17) is 19.5 Å². The van der Waals surface area contributed by atoms with Crippen molar-refractivity contribution in [3.63, 3.8) is 0 Å². The molecule has 4 aromatic carbocycles. The molecule has 0 aliphatic heterocycles. The van der Waals surface area contributed by atoms with Crippen LogP contribution in [-0.2, 0) is 15.9 Å². The lowest BCUT2D eigenvalue weighted by Gasteiger charge is -2.09. The Bertz CT molecular complexity index is 1150. The van der Waals surface area contributed by atoms with Crippen molar-refractivity contribution in [3.05, 3.63) is 131 Å². The van der Waals surface area contributed by atoms with E-state index in [-0.39, 0.29) is 0 Å². The Morgan fingerprint density at radius 1 is 0.514 bits per heavy atom. The van der Waals surface area contributed by atoms with Crippen LogP contribution in [0.3, 0.4) is 0 Å². The van der Waals surface area contributed by atoms with Crippen LogP contribution in [0.1, 0.15) is 36.1 Å². The number of hydrogen-bond donors (Lipinski definition) is 0. The fourth-order valence-corrected chi connectivity index (χ4v) is 3.64. The van der Waals surface area contributed by atoms with Crippen LogP contribution in [0.25, 0.3) is 0 Å². The molecule has 0 bridgehead atoms. The zero-order chi connectivity index (χ0) is 24.3. The molecule has 4 aromatic rings. The molecule has 0 aliphatic carbocycles. The van der Waals surface area contributed by atoms with Crippen LogP contribution in [-0.4, -0.2) is 25.0 Å². The van der Waals surface area contributed by atoms with Crippen LogP contribution in [0.4, 0.5) is 11.4 Å². The Balaban J connectivity index is 1.45. The summed E-state index contributed by atoms with van der Waals surface area (Å²) in [5, 5.41) is 0. The molecule has 0 atom stereocenters. The molecule has 0 saturated carbocycles. The monoisotopic (exact) mass is 462 g/mol. The molecule has 4 heteroatoms. The first-order chi connectivity index (χ1) is 17.2. The van der Waals surface area contributed by atoms with Gasteiger partial charge in [-0.05, 0) is 79.9 Å². The maximum absolute atomic E-state index is 5.77. The molecule has 0 spiro atoms. The molecule has 0 radical (unpaired) electrons. The predicted molar refractivity (Wildman–Crippen MR) is 144 cm³/mol. The van der Waals surface area contributed by atoms with Crippen molar-refractivity contribution >= 4 is 23.2 Å². The Kier molecular flexibility index (Phi) is 8.44. The number of nitrogens with zero attached hydrogens (tertiary/aromatic N) is 2. The molecular formula is C31H30N2O2. The Hall–Kier alpha value is -4.18. The number of ether oxygens (including phenoxy) is 2. The second kappa shape index (κ2) is 12.3. The summed E-state index contributed by atoms with van der Waals surface area (Å²) in [7, 11) is 0. The van der Waals surface area contributed by atoms with Gasteiger partial charge in [-0.25, -0.2) is 9.98 Å². The highest BCUT2D eigenvalue weighted by Gasteiger charge is 2.06. The van der Waals surface area contributed by atoms with Gasteiger partial charge in [0.1, 0.15) is 0 Å². The third-order valence-corrected chi connectivity index (χ3v) is 5.35. The summed E-state index contributed by atoms with van der Waals surface area (Å²) < 4.78 is 11.5. The highest BCUT2D eigenvalue weighted by molar-refractivity contribution is 5.96. The molecule has 0 fully saturated rings. The molecule has 35 heavy (non-hydrogen) atoms. The minimum absolute atomic E-state index is 0.573. The van der Waals surface area contributed by atoms with Gasteiger partial charge >= 0.3 is 0 Å². The minimum Gasteiger partial charge on any atom is -0.478 e. The quantitative estimate of drug-likeness (QED) is 0.201. The van der Waals surface area contributed by atoms with Crippen LogP contribution in [0.2, 0.25) is 0 Å². The van der Waals surface area contributed by atoms with Gasteiger partial charge in [0, 0.05) is 11.1 Å². The van der Waals surface area contributed by atoms with Crippen molar-refractivity contribution in [1.82, 2.24) is 0 Å². The zero-order valence-corrected chi connectivity index (χ0v) is 20.2. The summed E-state index contributed by atoms with van der Waals surface area (Å²) in [6.45, 7) is 5.08. The van der Waals surface area contributed by atoms with E-state index in [1.807, 2.05) is 98.8 Å². The van der Waals surface area contributed by atoms with E-state index in [9.17, 15) is 0 Å². The molecule has 0 unspecified atom stereocenters. The van der Waals surface area contributed by atoms with Gasteiger partial charge < -0.3 is 9.47 Å². The van der Waals surface area contributed by atoms with Gasteiger partial charge in [0.25, 0.3) is 0 Å². The molecule has 0 N–H and O–H groups in total. The van der Waals surface area contributed by atoms with Crippen molar-refractivity contribution in [2.45, 2.75) is 20.3 Å². The molecule has 0 aromatic heterocycles. The fraction of sp³-hybridized carbons (Fsp3) is 0.161. The second-order valence-corrected chi connectivity index (χ2v) is 7.94. The average molecular weight is 463 g/mol. The molecule has 0 aliphatic rings. The van der Waals surface area contributed by atoms with E-state index in [1.54, 1.807) is 0 Å². The number of hydrogen-bond acceptors (Lipinski definition) is 4. The summed E-state index contributed by atoms with van der Waals surface area (Å²) in [6.07, 6.45) is 0.835. The lowest BCUT2D eigenvalue weighted by Crippen LogP contribution is -2.06. The average Bonchev–Trinajstić information content (AvgIpc) is 2.91. The van der Waals surface area contributed by atoms with E-state index in [0.29, 0.717) is 25.0 Å². The SMILES string of the molecule is CCOC(=Nc1ccc(Cc2ccc(N=C(OCC)c3ccccc3)cc2)cc1)c1ccccc1. The van der Waals surface area contributed by atoms with Gasteiger partial charge in [0.05, 0.1) is 24.6 Å². The molecule has 0 heterocycles. The van der Waals surface area contributed by atoms with Gasteiger partial charge in [-0.15, -0.1) is 0 Å². The van der Waals surface area contributed by atoms with Crippen molar-refractivity contribution < 1.29 is 9.47 Å². The van der Waals surface area contributed by atoms with Crippen LogP contribution >= 0.6 is 0 Å². The molecule has 0 amide bonds. The highest BCUT2D eigenvalue weighted by Crippen LogP contribution is 2.20. The molecule has 176 valence electrons. The maximum Gasteiger partial charge on any atom is 0.221 e. The molecule has 0 saturated heterocycles. The fourth-order valence-electron chi connectivity index (χ4n) is 3.64. The van der Waals surface area contributed by atoms with Gasteiger partial charge in [-0.3, -0.25) is 0 Å². The summed E-state index contributed by atoms with van der Waals surface area (Å²) in [6, 6.07) is 36.5. The molecule has 4 nitrogen and oxygen atoms in total. The van der Waals surface area contributed by atoms with Crippen molar-refractivity contribution in [2.24, 2.45) is 9.98 Å². The Morgan fingerprint density at radius 3 is 1.23 bits per heavy atom. The normalized spacial score (nSPS) is 11.8. The summed E-state index contributed by atoms with van der Waals surface area (Å²) in [5.41, 5.74) is 6.13. The Morgan fingerprint density at radius 2 is 0.886 bits per heavy atom. The summed E-state index contributed by atoms with van der Waals surface area (Å²) in [5.74, 6) is 1.28. The van der Waals surface area contributed by atoms with Crippen LogP contribution in [0.15, 0.2) is 119 Å². The van der Waals surface area contributed by atoms with Gasteiger partial charge in [0.15, 0.2) is 0 Å². The second-order valence-electron chi connectivity index (χ2n) is 7.94. The van der Waals surface area contributed by atoms with E-state index >= 15 is 0 Å². The first kappa shape index (κ1) is 24.0. The van der Waals surface area contributed by atoms with E-state index in [2.05, 4.69) is 24.3 Å². The Labute approximate surface area is 207 Å². The largest absolute Gasteiger partial charge is 0.478 e. The number of aliphatic imine (C=N–C) groups is 2. The summed E-state index contributed by atoms with van der Waals surface area (Å²) in [4.78, 5) is 9.43. The molecular weight excluding hydrogens is 432 g/mol. The first-order valence-electron chi connectivity index (χ1n) is 12.0. The van der Waals surface area contributed by atoms with E-state index in [1.165, 1.54) is 11.1 Å². The predicted octanol–water partition coefficient (Wildman–Crippen LogP) is 7.51. The summed E-state index contributed by atoms with van der Waals surface area (Å²) >= 11 is 0. The van der Waals surface area contributed by atoms with Crippen LogP contribution in [0, 0.1) is 0 Å². The third-order valence-electron chi connectivity index (χ3n) is 5.35. The highest BCUT2D eigenvalue weighted by atomic mass is 16.5. The zero-order valence-electron chi connectivity index (χ0n) is 20.2. The standard InChI is InChI=1S/C31H30N2O2/c1-3-34-30(26-11-7-5-8-12-26)32-28-19-15-24(16-20-28)23-25-17-21-29(22-18-25)33-31(35-4-2)27-13-9-6-10-14-27/h5-22H,3-4,23H2,1-2H3. The van der Waals surface area contributed by atoms with Gasteiger partial charge in [-0.1, -0.05) is 60.7 Å². The van der Waals surface area contributed by atoms with E-state index < -0.39 is 0 Å². The van der Waals surface area contributed by atoms with Crippen molar-refractivity contribution in [3.8, 4) is 0 Å². The topological polar surface area (TPSA) is 43.2 Å². The maximum atomic E-state index is 5.77. The van der Waals surface area contributed by atoms with E-state index in [0.717, 1.165) is 28.9 Å². The van der Waals surface area contributed by atoms with Crippen molar-refractivity contribution in [2.75, 3.05) is 13.2 Å². The van der Waals surface area contributed by atoms with Crippen molar-refractivity contribution in [1.29, 1.82) is 0 Å². The van der Waals surface area contributed by atoms with Crippen LogP contribution < -0.4 is 0 Å². The minimum atomic E-state index is 0.573. The lowest BCUT2D eigenvalue weighted by atomic mass is 10.0. The van der Waals surface area contributed by atoms with Crippen LogP contribution in [0.5, 0.6) is 0 Å². The molecule has 4 rings (SSSR count). The van der Waals surface area contributed by atoms with Gasteiger partial charge in [-0.2, -0.15) is 0 Å². The first-order valence-corrected chi connectivity index (χ1v) is 12.0. The number of rotatable bonds is 8. The lowest BCUT2D eigenvalue weighted by molar-refractivity contribution is 0.328.